The molecule has 1 aliphatic rings. The van der Waals surface area contributed by atoms with Gasteiger partial charge in [0.2, 0.25) is 0 Å². The third-order valence-corrected chi connectivity index (χ3v) is 2.41. The van der Waals surface area contributed by atoms with E-state index < -0.39 is 0 Å². The number of hydrogen-bond donors (Lipinski definition) is 1. The maximum atomic E-state index is 3.14. The van der Waals surface area contributed by atoms with E-state index in [2.05, 4.69) is 43.4 Å². The van der Waals surface area contributed by atoms with E-state index in [0.717, 1.165) is 6.04 Å². The maximum Gasteiger partial charge on any atom is 0.00652 e. The molecule has 2 rings (SSSR count). The van der Waals surface area contributed by atoms with Crippen molar-refractivity contribution in [3.8, 4) is 0 Å². The molecular weight excluding hydrogens is 158 g/mol. The zero-order valence-electron chi connectivity index (χ0n) is 8.80. The second-order valence-corrected chi connectivity index (χ2v) is 3.65. The highest BCUT2D eigenvalue weighted by Crippen LogP contribution is 2.16. The van der Waals surface area contributed by atoms with E-state index in [1.807, 2.05) is 7.05 Å². The highest BCUT2D eigenvalue weighted by Gasteiger charge is 2.17. The number of aryl methyl sites for hydroxylation is 2. The monoisotopic (exact) mass is 177 g/mol. The van der Waals surface area contributed by atoms with Crippen molar-refractivity contribution in [3.63, 3.8) is 0 Å². The predicted octanol–water partition coefficient (Wildman–Crippen LogP) is 2.67. The number of rotatable bonds is 1. The molecule has 0 unspecified atom stereocenters. The van der Waals surface area contributed by atoms with Crippen LogP contribution in [0.3, 0.4) is 0 Å². The third-order valence-electron chi connectivity index (χ3n) is 2.41. The van der Waals surface area contributed by atoms with Gasteiger partial charge in [-0.3, -0.25) is 0 Å². The van der Waals surface area contributed by atoms with Gasteiger partial charge in [0.1, 0.15) is 0 Å². The van der Waals surface area contributed by atoms with Gasteiger partial charge < -0.3 is 5.32 Å². The summed E-state index contributed by atoms with van der Waals surface area (Å²) in [5, 5.41) is 3.14. The number of hydrogen-bond acceptors (Lipinski definition) is 1. The predicted molar refractivity (Wildman–Crippen MR) is 58.0 cm³/mol. The highest BCUT2D eigenvalue weighted by atomic mass is 14.9. The molecule has 1 N–H and O–H groups in total. The van der Waals surface area contributed by atoms with E-state index in [1.54, 1.807) is 0 Å². The van der Waals surface area contributed by atoms with Gasteiger partial charge in [0, 0.05) is 6.04 Å². The van der Waals surface area contributed by atoms with Crippen LogP contribution in [-0.2, 0) is 0 Å². The van der Waals surface area contributed by atoms with Crippen LogP contribution < -0.4 is 5.32 Å². The average Bonchev–Trinajstić information content (AvgIpc) is 2.94. The van der Waals surface area contributed by atoms with E-state index in [9.17, 15) is 0 Å². The summed E-state index contributed by atoms with van der Waals surface area (Å²) in [5.41, 5.74) is 2.74. The van der Waals surface area contributed by atoms with Gasteiger partial charge in [-0.2, -0.15) is 0 Å². The second-order valence-electron chi connectivity index (χ2n) is 3.65. The third kappa shape index (κ3) is 4.09. The lowest BCUT2D eigenvalue weighted by Crippen LogP contribution is -2.06. The Bertz CT molecular complexity index is 230. The Morgan fingerprint density at radius 2 is 1.54 bits per heavy atom. The summed E-state index contributed by atoms with van der Waals surface area (Å²) >= 11 is 0. The Morgan fingerprint density at radius 1 is 1.08 bits per heavy atom. The fourth-order valence-electron chi connectivity index (χ4n) is 1.03. The molecule has 0 heterocycles. The SMILES string of the molecule is CNC1CC1.Cc1ccccc1C. The molecule has 13 heavy (non-hydrogen) atoms. The van der Waals surface area contributed by atoms with Crippen molar-refractivity contribution in [2.75, 3.05) is 7.05 Å². The fraction of sp³-hybridized carbons (Fsp3) is 0.500. The summed E-state index contributed by atoms with van der Waals surface area (Å²) in [6.45, 7) is 4.24. The molecule has 0 aliphatic heterocycles. The largest absolute Gasteiger partial charge is 0.317 e. The first kappa shape index (κ1) is 10.3. The molecule has 0 amide bonds. The van der Waals surface area contributed by atoms with Crippen molar-refractivity contribution in [1.29, 1.82) is 0 Å². The van der Waals surface area contributed by atoms with Gasteiger partial charge in [-0.25, -0.2) is 0 Å². The molecule has 0 aromatic heterocycles. The molecule has 0 atom stereocenters. The lowest BCUT2D eigenvalue weighted by molar-refractivity contribution is 0.811. The Balaban J connectivity index is 0.000000145. The molecule has 1 saturated carbocycles. The van der Waals surface area contributed by atoms with Crippen molar-refractivity contribution >= 4 is 0 Å². The van der Waals surface area contributed by atoms with E-state index in [0.29, 0.717) is 0 Å². The van der Waals surface area contributed by atoms with E-state index in [1.165, 1.54) is 24.0 Å². The Hall–Kier alpha value is -0.820. The summed E-state index contributed by atoms with van der Waals surface area (Å²) in [6.07, 6.45) is 2.80. The number of benzene rings is 1. The molecule has 72 valence electrons. The van der Waals surface area contributed by atoms with Crippen molar-refractivity contribution < 1.29 is 0 Å². The quantitative estimate of drug-likeness (QED) is 0.695. The molecule has 1 aliphatic carbocycles. The summed E-state index contributed by atoms with van der Waals surface area (Å²) in [5.74, 6) is 0. The van der Waals surface area contributed by atoms with Crippen LogP contribution in [0, 0.1) is 13.8 Å². The molecule has 1 fully saturated rings. The minimum atomic E-state index is 0.884. The Kier molecular flexibility index (Phi) is 3.97. The Morgan fingerprint density at radius 3 is 1.69 bits per heavy atom. The van der Waals surface area contributed by atoms with Crippen LogP contribution in [0.25, 0.3) is 0 Å². The molecule has 1 heteroatoms. The summed E-state index contributed by atoms with van der Waals surface area (Å²) < 4.78 is 0. The van der Waals surface area contributed by atoms with Crippen molar-refractivity contribution in [1.82, 2.24) is 5.32 Å². The minimum absolute atomic E-state index is 0.884. The van der Waals surface area contributed by atoms with Gasteiger partial charge in [-0.1, -0.05) is 24.3 Å². The molecular formula is C12H19N. The lowest BCUT2D eigenvalue weighted by Gasteiger charge is -1.93. The number of nitrogens with one attached hydrogen (secondary N) is 1. The molecule has 0 spiro atoms. The average molecular weight is 177 g/mol. The summed E-state index contributed by atoms with van der Waals surface area (Å²) in [6, 6.07) is 9.24. The maximum absolute atomic E-state index is 3.14. The van der Waals surface area contributed by atoms with Crippen LogP contribution in [0.4, 0.5) is 0 Å². The lowest BCUT2D eigenvalue weighted by atomic mass is 10.1. The smallest absolute Gasteiger partial charge is 0.00652 e. The van der Waals surface area contributed by atoms with Crippen molar-refractivity contribution in [2.24, 2.45) is 0 Å². The second kappa shape index (κ2) is 5.03. The van der Waals surface area contributed by atoms with E-state index in [-0.39, 0.29) is 0 Å². The van der Waals surface area contributed by atoms with Crippen LogP contribution in [0.2, 0.25) is 0 Å². The first-order chi connectivity index (χ1) is 6.24. The normalized spacial score (nSPS) is 14.7. The molecule has 0 bridgehead atoms. The van der Waals surface area contributed by atoms with Gasteiger partial charge in [-0.15, -0.1) is 0 Å². The molecule has 1 aromatic rings. The van der Waals surface area contributed by atoms with Crippen LogP contribution in [0.1, 0.15) is 24.0 Å². The van der Waals surface area contributed by atoms with Gasteiger partial charge in [0.05, 0.1) is 0 Å². The molecule has 1 nitrogen and oxygen atoms in total. The molecule has 0 radical (unpaired) electrons. The van der Waals surface area contributed by atoms with Gasteiger partial charge in [0.15, 0.2) is 0 Å². The van der Waals surface area contributed by atoms with Crippen LogP contribution >= 0.6 is 0 Å². The standard InChI is InChI=1S/C8H10.C4H9N/c1-7-5-3-4-6-8(7)2;1-5-4-2-3-4/h3-6H,1-2H3;4-5H,2-3H2,1H3. The first-order valence-corrected chi connectivity index (χ1v) is 4.93. The molecule has 0 saturated heterocycles. The fourth-order valence-corrected chi connectivity index (χ4v) is 1.03. The zero-order chi connectivity index (χ0) is 9.68. The topological polar surface area (TPSA) is 12.0 Å². The van der Waals surface area contributed by atoms with Gasteiger partial charge >= 0.3 is 0 Å². The van der Waals surface area contributed by atoms with Crippen molar-refractivity contribution in [2.45, 2.75) is 32.7 Å². The van der Waals surface area contributed by atoms with Crippen molar-refractivity contribution in [3.05, 3.63) is 35.4 Å². The van der Waals surface area contributed by atoms with Gasteiger partial charge in [-0.05, 0) is 44.9 Å². The van der Waals surface area contributed by atoms with Crippen LogP contribution in [-0.4, -0.2) is 13.1 Å². The summed E-state index contributed by atoms with van der Waals surface area (Å²) in [4.78, 5) is 0. The highest BCUT2D eigenvalue weighted by molar-refractivity contribution is 5.23. The van der Waals surface area contributed by atoms with Crippen LogP contribution in [0.5, 0.6) is 0 Å². The van der Waals surface area contributed by atoms with Gasteiger partial charge in [0.25, 0.3) is 0 Å². The van der Waals surface area contributed by atoms with Crippen LogP contribution in [0.15, 0.2) is 24.3 Å². The first-order valence-electron chi connectivity index (χ1n) is 4.93. The Labute approximate surface area is 81.2 Å². The zero-order valence-corrected chi connectivity index (χ0v) is 8.80. The van der Waals surface area contributed by atoms with E-state index >= 15 is 0 Å². The molecule has 1 aromatic carbocycles. The summed E-state index contributed by atoms with van der Waals surface area (Å²) in [7, 11) is 2.01. The minimum Gasteiger partial charge on any atom is -0.317 e. The van der Waals surface area contributed by atoms with E-state index in [4.69, 9.17) is 0 Å².